The second-order valence-electron chi connectivity index (χ2n) is 6.24. The summed E-state index contributed by atoms with van der Waals surface area (Å²) in [6.07, 6.45) is 7.18. The van der Waals surface area contributed by atoms with Crippen LogP contribution in [0.3, 0.4) is 0 Å². The molecule has 1 heterocycles. The van der Waals surface area contributed by atoms with Crippen LogP contribution in [0.1, 0.15) is 38.3 Å². The number of rotatable bonds is 3. The zero-order chi connectivity index (χ0) is 15.5. The Bertz CT molecular complexity index is 645. The van der Waals surface area contributed by atoms with Crippen molar-refractivity contribution >= 4 is 10.9 Å². The molecule has 0 aliphatic heterocycles. The van der Waals surface area contributed by atoms with Crippen molar-refractivity contribution in [2.24, 2.45) is 11.8 Å². The quantitative estimate of drug-likeness (QED) is 0.828. The highest BCUT2D eigenvalue weighted by atomic mass is 16.5. The van der Waals surface area contributed by atoms with Gasteiger partial charge in [0.1, 0.15) is 0 Å². The van der Waals surface area contributed by atoms with Gasteiger partial charge in [-0.15, -0.1) is 0 Å². The minimum Gasteiger partial charge on any atom is -0.493 e. The molecular weight excluding hydrogens is 274 g/mol. The lowest BCUT2D eigenvalue weighted by molar-refractivity contribution is 0.356. The van der Waals surface area contributed by atoms with Gasteiger partial charge in [-0.2, -0.15) is 0 Å². The van der Waals surface area contributed by atoms with Gasteiger partial charge in [0, 0.05) is 17.1 Å². The summed E-state index contributed by atoms with van der Waals surface area (Å²) < 4.78 is 10.5. The van der Waals surface area contributed by atoms with E-state index in [0.29, 0.717) is 0 Å². The van der Waals surface area contributed by atoms with Crippen molar-refractivity contribution in [3.8, 4) is 11.5 Å². The van der Waals surface area contributed by atoms with E-state index in [0.717, 1.165) is 34.5 Å². The summed E-state index contributed by atoms with van der Waals surface area (Å²) in [7, 11) is 3.27. The normalized spacial score (nSPS) is 21.8. The number of pyridine rings is 1. The molecule has 2 saturated carbocycles. The molecule has 22 heavy (non-hydrogen) atoms. The lowest BCUT2D eigenvalue weighted by Gasteiger charge is -2.09. The standard InChI is InChI=1S/C13H15NO2.C6H10/c1-4-10-6-5-9-7-12(15-2)13(16-3)8-11(9)14-10;1-2-5-4-6(5)3-1/h5-8H,4H2,1-3H3;5-6H,1-4H2. The van der Waals surface area contributed by atoms with Crippen molar-refractivity contribution in [3.63, 3.8) is 0 Å². The summed E-state index contributed by atoms with van der Waals surface area (Å²) in [4.78, 5) is 4.54. The van der Waals surface area contributed by atoms with E-state index >= 15 is 0 Å². The smallest absolute Gasteiger partial charge is 0.162 e. The largest absolute Gasteiger partial charge is 0.493 e. The van der Waals surface area contributed by atoms with Gasteiger partial charge < -0.3 is 9.47 Å². The van der Waals surface area contributed by atoms with E-state index < -0.39 is 0 Å². The highest BCUT2D eigenvalue weighted by Crippen LogP contribution is 2.51. The Labute approximate surface area is 132 Å². The predicted molar refractivity (Wildman–Crippen MR) is 89.7 cm³/mol. The molecule has 0 N–H and O–H groups in total. The van der Waals surface area contributed by atoms with Crippen LogP contribution in [0.25, 0.3) is 10.9 Å². The van der Waals surface area contributed by atoms with Crippen LogP contribution in [0.15, 0.2) is 24.3 Å². The van der Waals surface area contributed by atoms with Gasteiger partial charge in [0.2, 0.25) is 0 Å². The first-order chi connectivity index (χ1) is 10.7. The second-order valence-corrected chi connectivity index (χ2v) is 6.24. The monoisotopic (exact) mass is 299 g/mol. The summed E-state index contributed by atoms with van der Waals surface area (Å²) >= 11 is 0. The van der Waals surface area contributed by atoms with Gasteiger partial charge in [0.15, 0.2) is 11.5 Å². The van der Waals surface area contributed by atoms with Gasteiger partial charge in [-0.05, 0) is 36.8 Å². The number of nitrogens with zero attached hydrogens (tertiary/aromatic N) is 1. The first-order valence-corrected chi connectivity index (χ1v) is 8.26. The van der Waals surface area contributed by atoms with Crippen molar-refractivity contribution in [2.45, 2.75) is 39.0 Å². The number of hydrogen-bond donors (Lipinski definition) is 0. The van der Waals surface area contributed by atoms with Crippen LogP contribution in [0.2, 0.25) is 0 Å². The maximum Gasteiger partial charge on any atom is 0.162 e. The highest BCUT2D eigenvalue weighted by Gasteiger charge is 2.40. The van der Waals surface area contributed by atoms with Gasteiger partial charge in [0.05, 0.1) is 19.7 Å². The van der Waals surface area contributed by atoms with Gasteiger partial charge in [-0.3, -0.25) is 4.98 Å². The number of ether oxygens (including phenoxy) is 2. The molecule has 2 unspecified atom stereocenters. The fourth-order valence-electron chi connectivity index (χ4n) is 3.35. The Kier molecular flexibility index (Phi) is 4.51. The average Bonchev–Trinajstić information content (AvgIpc) is 3.18. The third-order valence-corrected chi connectivity index (χ3v) is 4.83. The molecule has 4 rings (SSSR count). The summed E-state index contributed by atoms with van der Waals surface area (Å²) in [5.74, 6) is 3.88. The number of fused-ring (bicyclic) bond motifs is 2. The molecule has 2 fully saturated rings. The molecule has 3 nitrogen and oxygen atoms in total. The first-order valence-electron chi connectivity index (χ1n) is 8.26. The zero-order valence-corrected chi connectivity index (χ0v) is 13.8. The Morgan fingerprint density at radius 2 is 1.73 bits per heavy atom. The number of benzene rings is 1. The minimum atomic E-state index is 0.718. The van der Waals surface area contributed by atoms with E-state index in [-0.39, 0.29) is 0 Å². The molecule has 2 aliphatic carbocycles. The molecule has 0 radical (unpaired) electrons. The highest BCUT2D eigenvalue weighted by molar-refractivity contribution is 5.82. The molecule has 2 atom stereocenters. The van der Waals surface area contributed by atoms with Crippen LogP contribution < -0.4 is 9.47 Å². The summed E-state index contributed by atoms with van der Waals surface area (Å²) in [5.41, 5.74) is 2.02. The molecule has 0 bridgehead atoms. The molecule has 118 valence electrons. The van der Waals surface area contributed by atoms with Crippen molar-refractivity contribution in [3.05, 3.63) is 30.0 Å². The lowest BCUT2D eigenvalue weighted by atomic mass is 10.1. The molecule has 0 spiro atoms. The summed E-state index contributed by atoms with van der Waals surface area (Å²) in [6, 6.07) is 7.95. The second kappa shape index (κ2) is 6.55. The van der Waals surface area contributed by atoms with E-state index in [2.05, 4.69) is 18.0 Å². The van der Waals surface area contributed by atoms with Crippen molar-refractivity contribution < 1.29 is 9.47 Å². The Morgan fingerprint density at radius 3 is 2.23 bits per heavy atom. The fourth-order valence-corrected chi connectivity index (χ4v) is 3.35. The van der Waals surface area contributed by atoms with Crippen LogP contribution in [-0.2, 0) is 6.42 Å². The number of hydrogen-bond acceptors (Lipinski definition) is 3. The van der Waals surface area contributed by atoms with Crippen LogP contribution in [0, 0.1) is 11.8 Å². The van der Waals surface area contributed by atoms with Gasteiger partial charge >= 0.3 is 0 Å². The van der Waals surface area contributed by atoms with Gasteiger partial charge in [-0.1, -0.05) is 32.3 Å². The molecule has 3 heteroatoms. The Hall–Kier alpha value is -1.77. The molecule has 2 aliphatic rings. The Morgan fingerprint density at radius 1 is 1.05 bits per heavy atom. The number of aryl methyl sites for hydroxylation is 1. The van der Waals surface area contributed by atoms with Crippen molar-refractivity contribution in [1.82, 2.24) is 4.98 Å². The maximum absolute atomic E-state index is 5.25. The summed E-state index contributed by atoms with van der Waals surface area (Å²) in [5, 5.41) is 1.06. The van der Waals surface area contributed by atoms with Gasteiger partial charge in [0.25, 0.3) is 0 Å². The minimum absolute atomic E-state index is 0.718. The third-order valence-electron chi connectivity index (χ3n) is 4.83. The predicted octanol–water partition coefficient (Wildman–Crippen LogP) is 4.62. The van der Waals surface area contributed by atoms with Gasteiger partial charge in [-0.25, -0.2) is 0 Å². The lowest BCUT2D eigenvalue weighted by Crippen LogP contribution is -1.93. The SMILES string of the molecule is C1CC2CC2C1.CCc1ccc2cc(OC)c(OC)cc2n1. The first kappa shape index (κ1) is 15.1. The van der Waals surface area contributed by atoms with E-state index in [9.17, 15) is 0 Å². The van der Waals surface area contributed by atoms with E-state index in [1.54, 1.807) is 33.5 Å². The number of methoxy groups -OCH3 is 2. The van der Waals surface area contributed by atoms with Crippen LogP contribution in [0.5, 0.6) is 11.5 Å². The van der Waals surface area contributed by atoms with Crippen LogP contribution in [0.4, 0.5) is 0 Å². The van der Waals surface area contributed by atoms with E-state index in [1.165, 1.54) is 18.3 Å². The maximum atomic E-state index is 5.25. The molecule has 1 aromatic heterocycles. The fraction of sp³-hybridized carbons (Fsp3) is 0.526. The average molecular weight is 299 g/mol. The molecule has 1 aromatic carbocycles. The van der Waals surface area contributed by atoms with Crippen LogP contribution >= 0.6 is 0 Å². The molecule has 0 amide bonds. The zero-order valence-electron chi connectivity index (χ0n) is 13.8. The topological polar surface area (TPSA) is 31.4 Å². The van der Waals surface area contributed by atoms with Crippen molar-refractivity contribution in [1.29, 1.82) is 0 Å². The van der Waals surface area contributed by atoms with Crippen molar-refractivity contribution in [2.75, 3.05) is 14.2 Å². The Balaban J connectivity index is 0.000000196. The third kappa shape index (κ3) is 3.18. The van der Waals surface area contributed by atoms with E-state index in [1.807, 2.05) is 18.2 Å². The van der Waals surface area contributed by atoms with Crippen LogP contribution in [-0.4, -0.2) is 19.2 Å². The number of aromatic nitrogens is 1. The summed E-state index contributed by atoms with van der Waals surface area (Å²) in [6.45, 7) is 2.09. The molecule has 2 aromatic rings. The molecule has 0 saturated heterocycles. The van der Waals surface area contributed by atoms with E-state index in [4.69, 9.17) is 9.47 Å². The molecular formula is C19H25NO2.